The molecule has 0 saturated heterocycles. The lowest BCUT2D eigenvalue weighted by Crippen LogP contribution is -2.31. The molecule has 2 aromatic carbocycles. The second-order valence-electron chi connectivity index (χ2n) is 7.07. The minimum absolute atomic E-state index is 0.190. The van der Waals surface area contributed by atoms with Crippen molar-refractivity contribution in [3.63, 3.8) is 0 Å². The first-order chi connectivity index (χ1) is 15.3. The van der Waals surface area contributed by atoms with Gasteiger partial charge >= 0.3 is 0 Å². The summed E-state index contributed by atoms with van der Waals surface area (Å²) in [4.78, 5) is 4.58. The van der Waals surface area contributed by atoms with Gasteiger partial charge in [0.25, 0.3) is 0 Å². The third kappa shape index (κ3) is 7.02. The molecule has 1 heterocycles. The van der Waals surface area contributed by atoms with E-state index in [1.54, 1.807) is 48.5 Å². The Morgan fingerprint density at radius 2 is 1.88 bits per heavy atom. The summed E-state index contributed by atoms with van der Waals surface area (Å²) in [7, 11) is -4.89. The number of hydrogen-bond donors (Lipinski definition) is 3. The fourth-order valence-electron chi connectivity index (χ4n) is 3.15. The quantitative estimate of drug-likeness (QED) is 0.352. The Morgan fingerprint density at radius 1 is 1.12 bits per heavy atom. The first-order valence-electron chi connectivity index (χ1n) is 9.85. The van der Waals surface area contributed by atoms with Crippen LogP contribution >= 0.6 is 11.3 Å². The Hall–Kier alpha value is -2.47. The maximum absolute atomic E-state index is 13.0. The van der Waals surface area contributed by atoms with Crippen LogP contribution in [0.1, 0.15) is 34.8 Å². The van der Waals surface area contributed by atoms with Gasteiger partial charge in [-0.15, -0.1) is 11.3 Å². The summed E-state index contributed by atoms with van der Waals surface area (Å²) in [5.74, 6) is 0.403. The fourth-order valence-corrected chi connectivity index (χ4v) is 5.65. The number of anilines is 1. The standard InChI is InChI=1S/C21H25N3O5S3/c1-3-21-22-20(13-30-21)19(12-15-7-9-17(10-8-15)23-31(25)26)24-32(27,28)14-16-5-4-6-18(11-16)29-2/h4-11,13,19,24,31H,3,12,14H2,1-2H3,(H,23,25,26)/t19-/m0/s1. The third-order valence-electron chi connectivity index (χ3n) is 4.66. The maximum atomic E-state index is 13.0. The molecule has 2 N–H and O–H groups in total. The van der Waals surface area contributed by atoms with Crippen molar-refractivity contribution in [2.75, 3.05) is 11.8 Å². The molecule has 0 aliphatic carbocycles. The summed E-state index contributed by atoms with van der Waals surface area (Å²) >= 11 is 1.49. The van der Waals surface area contributed by atoms with Gasteiger partial charge in [-0.05, 0) is 48.2 Å². The number of methoxy groups -OCH3 is 1. The lowest BCUT2D eigenvalue weighted by atomic mass is 10.0. The van der Waals surface area contributed by atoms with E-state index in [2.05, 4.69) is 14.4 Å². The molecular formula is C21H25N3O5S3. The molecule has 3 rings (SSSR count). The zero-order valence-corrected chi connectivity index (χ0v) is 20.2. The highest BCUT2D eigenvalue weighted by Gasteiger charge is 2.23. The zero-order valence-electron chi connectivity index (χ0n) is 17.6. The highest BCUT2D eigenvalue weighted by Crippen LogP contribution is 2.24. The van der Waals surface area contributed by atoms with Crippen LogP contribution in [0.4, 0.5) is 5.69 Å². The number of nitrogens with zero attached hydrogens (tertiary/aromatic N) is 1. The van der Waals surface area contributed by atoms with Crippen LogP contribution in [0.2, 0.25) is 0 Å². The number of sulfonamides is 1. The van der Waals surface area contributed by atoms with Gasteiger partial charge in [-0.1, -0.05) is 31.2 Å². The molecule has 0 radical (unpaired) electrons. The Labute approximate surface area is 193 Å². The van der Waals surface area contributed by atoms with Gasteiger partial charge in [-0.3, -0.25) is 4.72 Å². The molecule has 0 fully saturated rings. The van der Waals surface area contributed by atoms with Gasteiger partial charge in [0.1, 0.15) is 5.75 Å². The lowest BCUT2D eigenvalue weighted by molar-refractivity contribution is 0.414. The van der Waals surface area contributed by atoms with Crippen molar-refractivity contribution < 1.29 is 21.6 Å². The predicted octanol–water partition coefficient (Wildman–Crippen LogP) is 3.06. The predicted molar refractivity (Wildman–Crippen MR) is 127 cm³/mol. The van der Waals surface area contributed by atoms with Crippen molar-refractivity contribution in [2.24, 2.45) is 0 Å². The second-order valence-corrected chi connectivity index (χ2v) is 10.5. The van der Waals surface area contributed by atoms with Gasteiger partial charge in [0, 0.05) is 11.1 Å². The molecule has 0 unspecified atom stereocenters. The summed E-state index contributed by atoms with van der Waals surface area (Å²) in [5.41, 5.74) is 2.56. The average molecular weight is 496 g/mol. The van der Waals surface area contributed by atoms with Gasteiger partial charge in [-0.25, -0.2) is 26.5 Å². The van der Waals surface area contributed by atoms with Crippen LogP contribution in [0.5, 0.6) is 5.75 Å². The molecule has 32 heavy (non-hydrogen) atoms. The van der Waals surface area contributed by atoms with E-state index in [4.69, 9.17) is 4.74 Å². The highest BCUT2D eigenvalue weighted by atomic mass is 32.2. The first-order valence-corrected chi connectivity index (χ1v) is 13.6. The summed E-state index contributed by atoms with van der Waals surface area (Å²) in [6.07, 6.45) is 1.13. The molecule has 0 saturated carbocycles. The molecule has 0 amide bonds. The molecule has 0 aliphatic rings. The number of thiazole rings is 1. The molecule has 1 aromatic heterocycles. The van der Waals surface area contributed by atoms with Crippen LogP contribution in [-0.2, 0) is 39.5 Å². The van der Waals surface area contributed by atoms with E-state index in [-0.39, 0.29) is 5.75 Å². The smallest absolute Gasteiger partial charge is 0.222 e. The van der Waals surface area contributed by atoms with E-state index >= 15 is 0 Å². The van der Waals surface area contributed by atoms with E-state index in [0.29, 0.717) is 29.1 Å². The summed E-state index contributed by atoms with van der Waals surface area (Å²) in [6.45, 7) is 2.00. The number of hydrogen-bond acceptors (Lipinski definition) is 7. The summed E-state index contributed by atoms with van der Waals surface area (Å²) < 4.78 is 57.9. The first kappa shape index (κ1) is 24.2. The van der Waals surface area contributed by atoms with Gasteiger partial charge in [-0.2, -0.15) is 0 Å². The largest absolute Gasteiger partial charge is 0.497 e. The Morgan fingerprint density at radius 3 is 2.50 bits per heavy atom. The van der Waals surface area contributed by atoms with Crippen molar-refractivity contribution in [3.8, 4) is 5.75 Å². The van der Waals surface area contributed by atoms with Crippen LogP contribution in [0.25, 0.3) is 0 Å². The van der Waals surface area contributed by atoms with E-state index in [1.807, 2.05) is 12.3 Å². The molecule has 0 bridgehead atoms. The second kappa shape index (κ2) is 10.9. The molecule has 0 spiro atoms. The number of thiol groups is 1. The molecule has 0 aliphatic heterocycles. The number of ether oxygens (including phenoxy) is 1. The van der Waals surface area contributed by atoms with E-state index in [9.17, 15) is 16.8 Å². The molecular weight excluding hydrogens is 470 g/mol. The monoisotopic (exact) mass is 495 g/mol. The van der Waals surface area contributed by atoms with Crippen LogP contribution in [0.15, 0.2) is 53.9 Å². The SMILES string of the molecule is CCc1nc([C@H](Cc2ccc(N[SH](=O)=O)cc2)NS(=O)(=O)Cc2cccc(OC)c2)cs1. The van der Waals surface area contributed by atoms with Crippen LogP contribution in [-0.4, -0.2) is 28.9 Å². The van der Waals surface area contributed by atoms with E-state index in [0.717, 1.165) is 17.0 Å². The Bertz CT molecular complexity index is 1210. The van der Waals surface area contributed by atoms with E-state index in [1.165, 1.54) is 18.4 Å². The molecule has 172 valence electrons. The van der Waals surface area contributed by atoms with Gasteiger partial charge in [0.15, 0.2) is 0 Å². The zero-order chi connectivity index (χ0) is 23.1. The van der Waals surface area contributed by atoms with Crippen molar-refractivity contribution >= 4 is 37.9 Å². The third-order valence-corrected chi connectivity index (χ3v) is 7.46. The van der Waals surface area contributed by atoms with Crippen molar-refractivity contribution in [1.82, 2.24) is 9.71 Å². The van der Waals surface area contributed by atoms with Crippen LogP contribution in [0.3, 0.4) is 0 Å². The number of rotatable bonds is 11. The van der Waals surface area contributed by atoms with Crippen LogP contribution < -0.4 is 14.2 Å². The van der Waals surface area contributed by atoms with Gasteiger partial charge < -0.3 is 4.74 Å². The molecule has 3 aromatic rings. The number of aryl methyl sites for hydroxylation is 1. The lowest BCUT2D eigenvalue weighted by Gasteiger charge is -2.18. The summed E-state index contributed by atoms with van der Waals surface area (Å²) in [5, 5.41) is 2.80. The minimum atomic E-state index is -3.68. The van der Waals surface area contributed by atoms with Crippen molar-refractivity contribution in [3.05, 3.63) is 75.7 Å². The topological polar surface area (TPSA) is 114 Å². The number of nitrogens with one attached hydrogen (secondary N) is 2. The number of aromatic nitrogens is 1. The number of benzene rings is 2. The van der Waals surface area contributed by atoms with Crippen molar-refractivity contribution in [1.29, 1.82) is 0 Å². The normalized spacial score (nSPS) is 12.6. The maximum Gasteiger partial charge on any atom is 0.222 e. The minimum Gasteiger partial charge on any atom is -0.497 e. The van der Waals surface area contributed by atoms with Gasteiger partial charge in [0.2, 0.25) is 20.9 Å². The fraction of sp³-hybridized carbons (Fsp3) is 0.286. The molecule has 1 atom stereocenters. The highest BCUT2D eigenvalue weighted by molar-refractivity contribution is 7.88. The van der Waals surface area contributed by atoms with E-state index < -0.39 is 27.0 Å². The van der Waals surface area contributed by atoms with Crippen molar-refractivity contribution in [2.45, 2.75) is 31.6 Å². The Kier molecular flexibility index (Phi) is 8.24. The van der Waals surface area contributed by atoms with Gasteiger partial charge in [0.05, 0.1) is 29.6 Å². The van der Waals surface area contributed by atoms with Crippen LogP contribution in [0, 0.1) is 0 Å². The summed E-state index contributed by atoms with van der Waals surface area (Å²) in [6, 6.07) is 13.2. The molecule has 11 heteroatoms. The Balaban J connectivity index is 1.82. The molecule has 8 nitrogen and oxygen atoms in total. The average Bonchev–Trinajstić information content (AvgIpc) is 3.23.